The van der Waals surface area contributed by atoms with Gasteiger partial charge >= 0.3 is 0 Å². The highest BCUT2D eigenvalue weighted by Gasteiger charge is 2.15. The van der Waals surface area contributed by atoms with Gasteiger partial charge in [0.2, 0.25) is 5.91 Å². The predicted molar refractivity (Wildman–Crippen MR) is 79.5 cm³/mol. The number of rotatable bonds is 8. The number of phenols is 1. The molecule has 0 atom stereocenters. The normalized spacial score (nSPS) is 11.3. The summed E-state index contributed by atoms with van der Waals surface area (Å²) in [6.45, 7) is 4.80. The predicted octanol–water partition coefficient (Wildman–Crippen LogP) is 2.24. The number of carbonyl (C=O) groups excluding carboxylic acids is 1. The van der Waals surface area contributed by atoms with Crippen LogP contribution in [-0.2, 0) is 11.2 Å². The zero-order chi connectivity index (χ0) is 15.0. The van der Waals surface area contributed by atoms with E-state index in [4.69, 9.17) is 5.11 Å². The van der Waals surface area contributed by atoms with Gasteiger partial charge in [-0.25, -0.2) is 0 Å². The molecule has 0 unspecified atom stereocenters. The fourth-order valence-corrected chi connectivity index (χ4v) is 1.93. The number of carbonyl (C=O) groups is 1. The maximum absolute atomic E-state index is 11.7. The molecule has 20 heavy (non-hydrogen) atoms. The maximum Gasteiger partial charge on any atom is 0.220 e. The molecule has 0 aliphatic heterocycles. The number of aliphatic hydroxyl groups excluding tert-OH is 1. The molecule has 1 rings (SSSR count). The zero-order valence-electron chi connectivity index (χ0n) is 12.4. The van der Waals surface area contributed by atoms with Crippen LogP contribution < -0.4 is 5.32 Å². The highest BCUT2D eigenvalue weighted by atomic mass is 16.3. The van der Waals surface area contributed by atoms with Crippen molar-refractivity contribution >= 4 is 5.91 Å². The van der Waals surface area contributed by atoms with Gasteiger partial charge in [0.05, 0.1) is 0 Å². The molecule has 0 saturated carbocycles. The molecule has 0 aromatic heterocycles. The van der Waals surface area contributed by atoms with Gasteiger partial charge in [0.15, 0.2) is 0 Å². The number of amides is 1. The van der Waals surface area contributed by atoms with E-state index < -0.39 is 0 Å². The number of aryl methyl sites for hydroxylation is 1. The molecule has 0 heterocycles. The van der Waals surface area contributed by atoms with Gasteiger partial charge < -0.3 is 15.5 Å². The van der Waals surface area contributed by atoms with Crippen molar-refractivity contribution in [3.63, 3.8) is 0 Å². The molecule has 4 heteroatoms. The van der Waals surface area contributed by atoms with Gasteiger partial charge in [-0.2, -0.15) is 0 Å². The first-order chi connectivity index (χ1) is 9.44. The lowest BCUT2D eigenvalue weighted by atomic mass is 9.89. The summed E-state index contributed by atoms with van der Waals surface area (Å²) < 4.78 is 0. The summed E-state index contributed by atoms with van der Waals surface area (Å²) in [5.41, 5.74) is 0.713. The third-order valence-corrected chi connectivity index (χ3v) is 3.39. The number of phenolic OH excluding ortho intramolecular Hbond substituents is 1. The Morgan fingerprint density at radius 2 is 2.00 bits per heavy atom. The van der Waals surface area contributed by atoms with E-state index in [1.165, 1.54) is 0 Å². The molecule has 0 radical (unpaired) electrons. The highest BCUT2D eigenvalue weighted by molar-refractivity contribution is 5.76. The number of nitrogens with one attached hydrogen (secondary N) is 1. The third-order valence-electron chi connectivity index (χ3n) is 3.39. The summed E-state index contributed by atoms with van der Waals surface area (Å²) in [7, 11) is 0. The van der Waals surface area contributed by atoms with E-state index in [-0.39, 0.29) is 23.7 Å². The van der Waals surface area contributed by atoms with E-state index in [1.54, 1.807) is 12.1 Å². The van der Waals surface area contributed by atoms with Gasteiger partial charge in [0, 0.05) is 19.6 Å². The molecular weight excluding hydrogens is 254 g/mol. The van der Waals surface area contributed by atoms with Crippen LogP contribution >= 0.6 is 0 Å². The Morgan fingerprint density at radius 3 is 2.65 bits per heavy atom. The Kier molecular flexibility index (Phi) is 6.52. The minimum Gasteiger partial charge on any atom is -0.508 e. The second kappa shape index (κ2) is 7.90. The average molecular weight is 279 g/mol. The lowest BCUT2D eigenvalue weighted by molar-refractivity contribution is -0.121. The molecule has 1 aromatic carbocycles. The maximum atomic E-state index is 11.7. The van der Waals surface area contributed by atoms with E-state index in [0.29, 0.717) is 19.4 Å². The van der Waals surface area contributed by atoms with Gasteiger partial charge in [-0.15, -0.1) is 0 Å². The van der Waals surface area contributed by atoms with Crippen LogP contribution in [-0.4, -0.2) is 29.3 Å². The quantitative estimate of drug-likeness (QED) is 0.639. The second-order valence-corrected chi connectivity index (χ2v) is 5.90. The van der Waals surface area contributed by atoms with Crippen LogP contribution in [0.1, 0.15) is 38.7 Å². The molecule has 0 aliphatic carbocycles. The summed E-state index contributed by atoms with van der Waals surface area (Å²) in [6.07, 6.45) is 2.65. The third kappa shape index (κ3) is 6.06. The Morgan fingerprint density at radius 1 is 1.30 bits per heavy atom. The Labute approximate surface area is 120 Å². The van der Waals surface area contributed by atoms with Crippen molar-refractivity contribution in [3.8, 4) is 5.75 Å². The van der Waals surface area contributed by atoms with Crippen LogP contribution in [0.5, 0.6) is 5.75 Å². The van der Waals surface area contributed by atoms with Gasteiger partial charge in [-0.05, 0) is 36.3 Å². The van der Waals surface area contributed by atoms with Gasteiger partial charge in [-0.1, -0.05) is 32.0 Å². The summed E-state index contributed by atoms with van der Waals surface area (Å²) in [6, 6.07) is 7.07. The van der Waals surface area contributed by atoms with E-state index in [9.17, 15) is 9.90 Å². The van der Waals surface area contributed by atoms with Gasteiger partial charge in [-0.3, -0.25) is 4.79 Å². The van der Waals surface area contributed by atoms with Crippen molar-refractivity contribution in [2.24, 2.45) is 5.41 Å². The Bertz CT molecular complexity index is 429. The first-order valence-corrected chi connectivity index (χ1v) is 7.09. The number of hydrogen-bond donors (Lipinski definition) is 3. The number of para-hydroxylation sites is 1. The van der Waals surface area contributed by atoms with Crippen molar-refractivity contribution in [1.29, 1.82) is 0 Å². The van der Waals surface area contributed by atoms with Crippen molar-refractivity contribution in [2.75, 3.05) is 13.2 Å². The first kappa shape index (κ1) is 16.5. The summed E-state index contributed by atoms with van der Waals surface area (Å²) in [5.74, 6) is 0.236. The minimum absolute atomic E-state index is 0.00458. The Balaban J connectivity index is 2.20. The number of benzene rings is 1. The molecular formula is C16H25NO3. The monoisotopic (exact) mass is 279 g/mol. The molecule has 0 fully saturated rings. The van der Waals surface area contributed by atoms with Crippen LogP contribution in [0.15, 0.2) is 24.3 Å². The molecule has 1 aromatic rings. The van der Waals surface area contributed by atoms with E-state index in [1.807, 2.05) is 26.0 Å². The zero-order valence-corrected chi connectivity index (χ0v) is 12.4. The Hall–Kier alpha value is -1.55. The van der Waals surface area contributed by atoms with Crippen LogP contribution in [0.2, 0.25) is 0 Å². The SMILES string of the molecule is CC(C)(CO)CCCNC(=O)CCc1ccccc1O. The number of hydrogen-bond acceptors (Lipinski definition) is 3. The first-order valence-electron chi connectivity index (χ1n) is 7.09. The van der Waals surface area contributed by atoms with Gasteiger partial charge in [0.25, 0.3) is 0 Å². The molecule has 1 amide bonds. The van der Waals surface area contributed by atoms with Gasteiger partial charge in [0.1, 0.15) is 5.75 Å². The minimum atomic E-state index is -0.0828. The number of aliphatic hydroxyl groups is 1. The van der Waals surface area contributed by atoms with Crippen LogP contribution in [0, 0.1) is 5.41 Å². The fourth-order valence-electron chi connectivity index (χ4n) is 1.93. The summed E-state index contributed by atoms with van der Waals surface area (Å²) >= 11 is 0. The summed E-state index contributed by atoms with van der Waals surface area (Å²) in [4.78, 5) is 11.7. The van der Waals surface area contributed by atoms with E-state index >= 15 is 0 Å². The van der Waals surface area contributed by atoms with Crippen LogP contribution in [0.25, 0.3) is 0 Å². The average Bonchev–Trinajstić information content (AvgIpc) is 2.43. The fraction of sp³-hybridized carbons (Fsp3) is 0.562. The molecule has 0 bridgehead atoms. The molecule has 0 aliphatic rings. The van der Waals surface area contributed by atoms with Crippen LogP contribution in [0.3, 0.4) is 0 Å². The van der Waals surface area contributed by atoms with Crippen molar-refractivity contribution in [1.82, 2.24) is 5.32 Å². The molecule has 3 N–H and O–H groups in total. The molecule has 0 saturated heterocycles. The highest BCUT2D eigenvalue weighted by Crippen LogP contribution is 2.20. The van der Waals surface area contributed by atoms with E-state index in [0.717, 1.165) is 18.4 Å². The lowest BCUT2D eigenvalue weighted by Crippen LogP contribution is -2.26. The van der Waals surface area contributed by atoms with E-state index in [2.05, 4.69) is 5.32 Å². The van der Waals surface area contributed by atoms with Crippen molar-refractivity contribution in [2.45, 2.75) is 39.5 Å². The molecule has 112 valence electrons. The van der Waals surface area contributed by atoms with Crippen LogP contribution in [0.4, 0.5) is 0 Å². The lowest BCUT2D eigenvalue weighted by Gasteiger charge is -2.21. The summed E-state index contributed by atoms with van der Waals surface area (Å²) in [5, 5.41) is 21.6. The van der Waals surface area contributed by atoms with Crippen molar-refractivity contribution in [3.05, 3.63) is 29.8 Å². The second-order valence-electron chi connectivity index (χ2n) is 5.90. The molecule has 0 spiro atoms. The smallest absolute Gasteiger partial charge is 0.220 e. The topological polar surface area (TPSA) is 69.6 Å². The largest absolute Gasteiger partial charge is 0.508 e. The molecule has 4 nitrogen and oxygen atoms in total. The standard InChI is InChI=1S/C16H25NO3/c1-16(2,12-18)10-5-11-17-15(20)9-8-13-6-3-4-7-14(13)19/h3-4,6-7,18-19H,5,8-12H2,1-2H3,(H,17,20). The van der Waals surface area contributed by atoms with Crippen molar-refractivity contribution < 1.29 is 15.0 Å². The number of aromatic hydroxyl groups is 1.